The molecule has 0 bridgehead atoms. The zero-order chi connectivity index (χ0) is 21.2. The maximum atomic E-state index is 5.99. The Hall–Kier alpha value is -2.96. The Morgan fingerprint density at radius 2 is 1.67 bits per heavy atom. The summed E-state index contributed by atoms with van der Waals surface area (Å²) in [6.07, 6.45) is 8.26. The summed E-state index contributed by atoms with van der Waals surface area (Å²) in [5.74, 6) is 2.85. The Morgan fingerprint density at radius 3 is 2.30 bits per heavy atom. The quantitative estimate of drug-likeness (QED) is 0.509. The molecule has 1 aliphatic carbocycles. The van der Waals surface area contributed by atoms with Crippen molar-refractivity contribution < 1.29 is 14.2 Å². The predicted octanol–water partition coefficient (Wildman–Crippen LogP) is 3.68. The third kappa shape index (κ3) is 6.27. The van der Waals surface area contributed by atoms with E-state index in [4.69, 9.17) is 14.2 Å². The molecule has 2 aromatic rings. The molecule has 1 aliphatic rings. The van der Waals surface area contributed by atoms with Gasteiger partial charge in [-0.25, -0.2) is 4.98 Å². The smallest absolute Gasteiger partial charge is 0.213 e. The lowest BCUT2D eigenvalue weighted by molar-refractivity contribution is 0.148. The third-order valence-corrected chi connectivity index (χ3v) is 5.23. The van der Waals surface area contributed by atoms with Gasteiger partial charge >= 0.3 is 0 Å². The van der Waals surface area contributed by atoms with Crippen molar-refractivity contribution in [3.63, 3.8) is 0 Å². The summed E-state index contributed by atoms with van der Waals surface area (Å²) in [5.41, 5.74) is 2.14. The number of aromatic nitrogens is 1. The van der Waals surface area contributed by atoms with Crippen LogP contribution < -0.4 is 24.8 Å². The van der Waals surface area contributed by atoms with Crippen LogP contribution in [0.1, 0.15) is 43.2 Å². The van der Waals surface area contributed by atoms with Crippen LogP contribution in [0.25, 0.3) is 0 Å². The van der Waals surface area contributed by atoms with Gasteiger partial charge in [0.1, 0.15) is 6.10 Å². The molecule has 30 heavy (non-hydrogen) atoms. The molecule has 162 valence electrons. The van der Waals surface area contributed by atoms with E-state index in [2.05, 4.69) is 20.6 Å². The van der Waals surface area contributed by atoms with Gasteiger partial charge in [0.25, 0.3) is 0 Å². The third-order valence-electron chi connectivity index (χ3n) is 5.23. The number of pyridine rings is 1. The molecule has 1 fully saturated rings. The first kappa shape index (κ1) is 21.7. The number of ether oxygens (including phenoxy) is 3. The number of methoxy groups -OCH3 is 2. The van der Waals surface area contributed by atoms with Crippen molar-refractivity contribution in [2.24, 2.45) is 4.99 Å². The molecule has 0 saturated heterocycles. The molecule has 0 unspecified atom stereocenters. The Balaban J connectivity index is 1.47. The first-order chi connectivity index (χ1) is 14.7. The average Bonchev–Trinajstić information content (AvgIpc) is 2.80. The molecule has 2 N–H and O–H groups in total. The highest BCUT2D eigenvalue weighted by molar-refractivity contribution is 5.79. The highest BCUT2D eigenvalue weighted by Crippen LogP contribution is 2.27. The molecule has 1 aromatic carbocycles. The molecule has 7 heteroatoms. The second-order valence-corrected chi connectivity index (χ2v) is 7.35. The molecular weight excluding hydrogens is 380 g/mol. The van der Waals surface area contributed by atoms with Gasteiger partial charge < -0.3 is 24.8 Å². The molecule has 3 rings (SSSR count). The summed E-state index contributed by atoms with van der Waals surface area (Å²) >= 11 is 0. The Bertz CT molecular complexity index is 818. The SMILES string of the molecule is CN=C(NCc1ccc(OC2CCCCC2)nc1)NCc1ccc(OC)c(OC)c1. The fraction of sp³-hybridized carbons (Fsp3) is 0.478. The molecule has 0 atom stereocenters. The van der Waals surface area contributed by atoms with E-state index in [1.165, 1.54) is 19.3 Å². The van der Waals surface area contributed by atoms with Crippen molar-refractivity contribution in [3.8, 4) is 17.4 Å². The predicted molar refractivity (Wildman–Crippen MR) is 118 cm³/mol. The normalized spacial score (nSPS) is 14.8. The summed E-state index contributed by atoms with van der Waals surface area (Å²) in [6.45, 7) is 1.24. The fourth-order valence-corrected chi connectivity index (χ4v) is 3.52. The number of guanidine groups is 1. The van der Waals surface area contributed by atoms with Gasteiger partial charge in [-0.2, -0.15) is 0 Å². The molecular formula is C23H32N4O3. The standard InChI is InChI=1S/C23H32N4O3/c1-24-23(26-14-17-9-11-20(28-2)21(13-17)29-3)27-16-18-10-12-22(25-15-18)30-19-7-5-4-6-8-19/h9-13,15,19H,4-8,14,16H2,1-3H3,(H2,24,26,27). The molecule has 7 nitrogen and oxygen atoms in total. The van der Waals surface area contributed by atoms with Crippen LogP contribution in [-0.2, 0) is 13.1 Å². The molecule has 0 aliphatic heterocycles. The fourth-order valence-electron chi connectivity index (χ4n) is 3.52. The van der Waals surface area contributed by atoms with Crippen LogP contribution in [0.3, 0.4) is 0 Å². The zero-order valence-corrected chi connectivity index (χ0v) is 18.1. The lowest BCUT2D eigenvalue weighted by atomic mass is 9.98. The highest BCUT2D eigenvalue weighted by Gasteiger charge is 2.15. The van der Waals surface area contributed by atoms with Crippen molar-refractivity contribution in [3.05, 3.63) is 47.7 Å². The van der Waals surface area contributed by atoms with Gasteiger partial charge in [-0.15, -0.1) is 0 Å². The van der Waals surface area contributed by atoms with Crippen molar-refractivity contribution in [1.29, 1.82) is 0 Å². The van der Waals surface area contributed by atoms with Gasteiger partial charge in [-0.1, -0.05) is 18.6 Å². The van der Waals surface area contributed by atoms with E-state index >= 15 is 0 Å². The van der Waals surface area contributed by atoms with Gasteiger partial charge in [-0.3, -0.25) is 4.99 Å². The van der Waals surface area contributed by atoms with Gasteiger partial charge in [0.05, 0.1) is 14.2 Å². The summed E-state index contributed by atoms with van der Waals surface area (Å²) in [5, 5.41) is 6.62. The summed E-state index contributed by atoms with van der Waals surface area (Å²) in [4.78, 5) is 8.74. The molecule has 1 aromatic heterocycles. The van der Waals surface area contributed by atoms with Crippen LogP contribution in [0, 0.1) is 0 Å². The topological polar surface area (TPSA) is 77.0 Å². The van der Waals surface area contributed by atoms with E-state index in [9.17, 15) is 0 Å². The zero-order valence-electron chi connectivity index (χ0n) is 18.1. The van der Waals surface area contributed by atoms with Gasteiger partial charge in [-0.05, 0) is 48.9 Å². The largest absolute Gasteiger partial charge is 0.493 e. The maximum absolute atomic E-state index is 5.99. The first-order valence-corrected chi connectivity index (χ1v) is 10.5. The maximum Gasteiger partial charge on any atom is 0.213 e. The Kier molecular flexibility index (Phi) is 8.18. The minimum atomic E-state index is 0.315. The van der Waals surface area contributed by atoms with Crippen molar-refractivity contribution in [2.75, 3.05) is 21.3 Å². The molecule has 0 amide bonds. The van der Waals surface area contributed by atoms with Crippen LogP contribution in [0.5, 0.6) is 17.4 Å². The lowest BCUT2D eigenvalue weighted by Crippen LogP contribution is -2.36. The van der Waals surface area contributed by atoms with E-state index in [0.717, 1.165) is 24.0 Å². The lowest BCUT2D eigenvalue weighted by Gasteiger charge is -2.22. The van der Waals surface area contributed by atoms with Crippen molar-refractivity contribution in [1.82, 2.24) is 15.6 Å². The number of nitrogens with one attached hydrogen (secondary N) is 2. The molecule has 0 radical (unpaired) electrons. The van der Waals surface area contributed by atoms with Crippen molar-refractivity contribution in [2.45, 2.75) is 51.3 Å². The van der Waals surface area contributed by atoms with Gasteiger partial charge in [0.15, 0.2) is 17.5 Å². The number of aliphatic imine (C=N–C) groups is 1. The monoisotopic (exact) mass is 412 g/mol. The average molecular weight is 413 g/mol. The van der Waals surface area contributed by atoms with Crippen LogP contribution >= 0.6 is 0 Å². The van der Waals surface area contributed by atoms with E-state index in [1.54, 1.807) is 21.3 Å². The number of hydrogen-bond donors (Lipinski definition) is 2. The number of benzene rings is 1. The van der Waals surface area contributed by atoms with E-state index < -0.39 is 0 Å². The van der Waals surface area contributed by atoms with Gasteiger partial charge in [0.2, 0.25) is 5.88 Å². The number of hydrogen-bond acceptors (Lipinski definition) is 5. The summed E-state index contributed by atoms with van der Waals surface area (Å²) in [6, 6.07) is 9.84. The highest BCUT2D eigenvalue weighted by atomic mass is 16.5. The molecule has 1 heterocycles. The number of nitrogens with zero attached hydrogens (tertiary/aromatic N) is 2. The van der Waals surface area contributed by atoms with Gasteiger partial charge in [0, 0.05) is 32.4 Å². The minimum Gasteiger partial charge on any atom is -0.493 e. The van der Waals surface area contributed by atoms with Crippen molar-refractivity contribution >= 4 is 5.96 Å². The second kappa shape index (κ2) is 11.3. The number of rotatable bonds is 8. The Morgan fingerprint density at radius 1 is 0.967 bits per heavy atom. The van der Waals surface area contributed by atoms with Crippen LogP contribution in [0.2, 0.25) is 0 Å². The minimum absolute atomic E-state index is 0.315. The summed E-state index contributed by atoms with van der Waals surface area (Å²) < 4.78 is 16.6. The van der Waals surface area contributed by atoms with Crippen LogP contribution in [0.4, 0.5) is 0 Å². The molecule has 1 saturated carbocycles. The van der Waals surface area contributed by atoms with E-state index in [1.807, 2.05) is 36.5 Å². The molecule has 0 spiro atoms. The van der Waals surface area contributed by atoms with Crippen LogP contribution in [0.15, 0.2) is 41.5 Å². The first-order valence-electron chi connectivity index (χ1n) is 10.5. The summed E-state index contributed by atoms with van der Waals surface area (Å²) in [7, 11) is 5.02. The van der Waals surface area contributed by atoms with E-state index in [0.29, 0.717) is 42.5 Å². The second-order valence-electron chi connectivity index (χ2n) is 7.35. The van der Waals surface area contributed by atoms with Crippen LogP contribution in [-0.4, -0.2) is 38.3 Å². The Labute approximate surface area is 178 Å². The van der Waals surface area contributed by atoms with E-state index in [-0.39, 0.29) is 0 Å².